The van der Waals surface area contributed by atoms with Gasteiger partial charge in [-0.15, -0.1) is 0 Å². The van der Waals surface area contributed by atoms with Gasteiger partial charge in [0.1, 0.15) is 5.75 Å². The van der Waals surface area contributed by atoms with Gasteiger partial charge in [-0.1, -0.05) is 42.5 Å². The van der Waals surface area contributed by atoms with Gasteiger partial charge >= 0.3 is 0 Å². The quantitative estimate of drug-likeness (QED) is 0.469. The van der Waals surface area contributed by atoms with Gasteiger partial charge in [0.2, 0.25) is 10.0 Å². The number of thiocarbonyl (C=S) groups is 1. The van der Waals surface area contributed by atoms with Crippen LogP contribution in [0.25, 0.3) is 0 Å². The lowest BCUT2D eigenvalue weighted by molar-refractivity contribution is -0.121. The van der Waals surface area contributed by atoms with Gasteiger partial charge in [0, 0.05) is 16.8 Å². The first-order valence-corrected chi connectivity index (χ1v) is 12.7. The van der Waals surface area contributed by atoms with Crippen molar-refractivity contribution in [2.45, 2.75) is 43.0 Å². The highest BCUT2D eigenvalue weighted by molar-refractivity contribution is 7.89. The van der Waals surface area contributed by atoms with E-state index in [1.807, 2.05) is 0 Å². The van der Waals surface area contributed by atoms with Crippen LogP contribution in [-0.4, -0.2) is 32.1 Å². The number of sulfonamides is 1. The molecule has 7 nitrogen and oxygen atoms in total. The lowest BCUT2D eigenvalue weighted by Gasteiger charge is -2.22. The monoisotopic (exact) mass is 515 g/mol. The van der Waals surface area contributed by atoms with Crippen molar-refractivity contribution in [3.05, 3.63) is 52.5 Å². The molecule has 0 aromatic heterocycles. The zero-order chi connectivity index (χ0) is 23.1. The van der Waals surface area contributed by atoms with Crippen LogP contribution >= 0.6 is 35.4 Å². The summed E-state index contributed by atoms with van der Waals surface area (Å²) in [5.41, 5.74) is 0.536. The van der Waals surface area contributed by atoms with Crippen LogP contribution < -0.4 is 20.1 Å². The zero-order valence-corrected chi connectivity index (χ0v) is 20.2. The molecular formula is C21H23Cl2N3O4S2. The SMILES string of the molecule is O=C(COc1ccc(Cl)cc1Cl)NC(=S)Nc1ccc(S(=O)(=O)NC2CCCCC2)cc1. The molecule has 2 aromatic rings. The van der Waals surface area contributed by atoms with E-state index in [4.69, 9.17) is 40.2 Å². The predicted octanol–water partition coefficient (Wildman–Crippen LogP) is 4.50. The van der Waals surface area contributed by atoms with Crippen LogP contribution in [0.5, 0.6) is 5.75 Å². The summed E-state index contributed by atoms with van der Waals surface area (Å²) >= 11 is 16.9. The summed E-state index contributed by atoms with van der Waals surface area (Å²) in [4.78, 5) is 12.2. The van der Waals surface area contributed by atoms with Crippen LogP contribution in [0.15, 0.2) is 47.4 Å². The van der Waals surface area contributed by atoms with Crippen molar-refractivity contribution in [3.8, 4) is 5.75 Å². The second-order valence-corrected chi connectivity index (χ2v) is 10.3. The Labute approximate surface area is 202 Å². The maximum absolute atomic E-state index is 12.6. The Morgan fingerprint density at radius 2 is 1.75 bits per heavy atom. The molecule has 0 unspecified atom stereocenters. The van der Waals surface area contributed by atoms with Gasteiger partial charge in [0.05, 0.1) is 9.92 Å². The molecule has 1 aliphatic rings. The molecule has 1 aliphatic carbocycles. The van der Waals surface area contributed by atoms with Crippen LogP contribution in [-0.2, 0) is 14.8 Å². The number of benzene rings is 2. The lowest BCUT2D eigenvalue weighted by atomic mass is 9.96. The van der Waals surface area contributed by atoms with Crippen LogP contribution in [0.3, 0.4) is 0 Å². The van der Waals surface area contributed by atoms with Crippen molar-refractivity contribution >= 4 is 62.2 Å². The fourth-order valence-corrected chi connectivity index (χ4v) is 5.29. The fraction of sp³-hybridized carbons (Fsp3) is 0.333. The van der Waals surface area contributed by atoms with Gasteiger partial charge in [-0.2, -0.15) is 0 Å². The van der Waals surface area contributed by atoms with Gasteiger partial charge < -0.3 is 10.1 Å². The van der Waals surface area contributed by atoms with Crippen molar-refractivity contribution in [1.29, 1.82) is 0 Å². The standard InChI is InChI=1S/C21H23Cl2N3O4S2/c22-14-6-11-19(18(23)12-14)30-13-20(27)25-21(31)24-15-7-9-17(10-8-15)32(28,29)26-16-4-2-1-3-5-16/h6-12,16,26H,1-5,13H2,(H2,24,25,27,31). The summed E-state index contributed by atoms with van der Waals surface area (Å²) in [5, 5.41) is 6.12. The van der Waals surface area contributed by atoms with E-state index >= 15 is 0 Å². The Kier molecular flexibility index (Phi) is 8.72. The lowest BCUT2D eigenvalue weighted by Crippen LogP contribution is -2.37. The Hall–Kier alpha value is -1.91. The zero-order valence-electron chi connectivity index (χ0n) is 17.1. The van der Waals surface area contributed by atoms with Crippen LogP contribution in [0, 0.1) is 0 Å². The van der Waals surface area contributed by atoms with Crippen molar-refractivity contribution in [1.82, 2.24) is 10.0 Å². The van der Waals surface area contributed by atoms with Gasteiger partial charge in [-0.05, 0) is 67.5 Å². The maximum Gasteiger partial charge on any atom is 0.264 e. The number of rotatable bonds is 7. The molecule has 0 aliphatic heterocycles. The number of anilines is 1. The molecule has 3 N–H and O–H groups in total. The Balaban J connectivity index is 1.48. The molecule has 32 heavy (non-hydrogen) atoms. The molecular weight excluding hydrogens is 493 g/mol. The number of nitrogens with one attached hydrogen (secondary N) is 3. The summed E-state index contributed by atoms with van der Waals surface area (Å²) in [6.45, 7) is -0.298. The summed E-state index contributed by atoms with van der Waals surface area (Å²) in [6, 6.07) is 10.8. The summed E-state index contributed by atoms with van der Waals surface area (Å²) in [7, 11) is -3.58. The molecule has 0 radical (unpaired) electrons. The number of ether oxygens (including phenoxy) is 1. The number of hydrogen-bond donors (Lipinski definition) is 3. The third kappa shape index (κ3) is 7.31. The summed E-state index contributed by atoms with van der Waals surface area (Å²) in [5.74, 6) is -0.159. The minimum atomic E-state index is -3.58. The van der Waals surface area contributed by atoms with E-state index in [-0.39, 0.29) is 22.7 Å². The van der Waals surface area contributed by atoms with E-state index in [0.29, 0.717) is 21.5 Å². The molecule has 3 rings (SSSR count). The van der Waals surface area contributed by atoms with E-state index < -0.39 is 15.9 Å². The highest BCUT2D eigenvalue weighted by atomic mass is 35.5. The molecule has 11 heteroatoms. The Morgan fingerprint density at radius 1 is 1.06 bits per heavy atom. The van der Waals surface area contributed by atoms with Crippen molar-refractivity contribution in [3.63, 3.8) is 0 Å². The Morgan fingerprint density at radius 3 is 2.41 bits per heavy atom. The third-order valence-corrected chi connectivity index (χ3v) is 7.13. The predicted molar refractivity (Wildman–Crippen MR) is 130 cm³/mol. The number of carbonyl (C=O) groups excluding carboxylic acids is 1. The molecule has 0 bridgehead atoms. The first-order chi connectivity index (χ1) is 15.2. The van der Waals surface area contributed by atoms with Crippen LogP contribution in [0.2, 0.25) is 10.0 Å². The van der Waals surface area contributed by atoms with Gasteiger partial charge in [-0.3, -0.25) is 10.1 Å². The van der Waals surface area contributed by atoms with Crippen molar-refractivity contribution in [2.24, 2.45) is 0 Å². The number of halogens is 2. The Bertz CT molecular complexity index is 1070. The second-order valence-electron chi connectivity index (χ2n) is 7.35. The molecule has 0 saturated heterocycles. The van der Waals surface area contributed by atoms with Crippen molar-refractivity contribution in [2.75, 3.05) is 11.9 Å². The summed E-state index contributed by atoms with van der Waals surface area (Å²) in [6.07, 6.45) is 4.95. The number of amides is 1. The summed E-state index contributed by atoms with van der Waals surface area (Å²) < 4.78 is 33.3. The fourth-order valence-electron chi connectivity index (χ4n) is 3.29. The number of hydrogen-bond acceptors (Lipinski definition) is 5. The molecule has 0 heterocycles. The minimum absolute atomic E-state index is 0.0145. The molecule has 1 amide bonds. The van der Waals surface area contributed by atoms with E-state index in [0.717, 1.165) is 32.1 Å². The minimum Gasteiger partial charge on any atom is -0.482 e. The average molecular weight is 516 g/mol. The molecule has 2 aromatic carbocycles. The molecule has 0 atom stereocenters. The van der Waals surface area contributed by atoms with Crippen LogP contribution in [0.4, 0.5) is 5.69 Å². The van der Waals surface area contributed by atoms with Crippen LogP contribution in [0.1, 0.15) is 32.1 Å². The number of carbonyl (C=O) groups is 1. The molecule has 1 fully saturated rings. The molecule has 1 saturated carbocycles. The van der Waals surface area contributed by atoms with Crippen molar-refractivity contribution < 1.29 is 17.9 Å². The average Bonchev–Trinajstić information content (AvgIpc) is 2.74. The maximum atomic E-state index is 12.6. The third-order valence-electron chi connectivity index (χ3n) is 4.86. The van der Waals surface area contributed by atoms with E-state index in [9.17, 15) is 13.2 Å². The molecule has 172 valence electrons. The van der Waals surface area contributed by atoms with E-state index in [2.05, 4.69) is 15.4 Å². The highest BCUT2D eigenvalue weighted by Crippen LogP contribution is 2.27. The second kappa shape index (κ2) is 11.3. The first-order valence-electron chi connectivity index (χ1n) is 10.0. The van der Waals surface area contributed by atoms with E-state index in [1.165, 1.54) is 18.2 Å². The first kappa shape index (κ1) is 24.7. The largest absolute Gasteiger partial charge is 0.482 e. The van der Waals surface area contributed by atoms with Gasteiger partial charge in [0.25, 0.3) is 5.91 Å². The van der Waals surface area contributed by atoms with Gasteiger partial charge in [-0.25, -0.2) is 13.1 Å². The van der Waals surface area contributed by atoms with Gasteiger partial charge in [0.15, 0.2) is 11.7 Å². The smallest absolute Gasteiger partial charge is 0.264 e. The molecule has 0 spiro atoms. The topological polar surface area (TPSA) is 96.5 Å². The normalized spacial score (nSPS) is 14.6. The van der Waals surface area contributed by atoms with E-state index in [1.54, 1.807) is 24.3 Å². The highest BCUT2D eigenvalue weighted by Gasteiger charge is 2.21.